The van der Waals surface area contributed by atoms with E-state index >= 15 is 0 Å². The van der Waals surface area contributed by atoms with E-state index in [1.165, 1.54) is 5.56 Å². The largest absolute Gasteiger partial charge is 0.398 e. The predicted molar refractivity (Wildman–Crippen MR) is 77.7 cm³/mol. The number of rotatable bonds is 2. The maximum Gasteiger partial charge on any atom is 0.101 e. The van der Waals surface area contributed by atoms with Crippen molar-refractivity contribution < 1.29 is 0 Å². The lowest BCUT2D eigenvalue weighted by Crippen LogP contribution is -1.95. The van der Waals surface area contributed by atoms with E-state index in [2.05, 4.69) is 21.2 Å². The van der Waals surface area contributed by atoms with Gasteiger partial charge in [0, 0.05) is 15.8 Å². The Morgan fingerprint density at radius 3 is 2.44 bits per heavy atom. The molecule has 0 saturated carbocycles. The van der Waals surface area contributed by atoms with Crippen molar-refractivity contribution in [2.75, 3.05) is 11.1 Å². The second-order valence-electron chi connectivity index (χ2n) is 4.00. The highest BCUT2D eigenvalue weighted by Crippen LogP contribution is 2.25. The molecule has 0 saturated heterocycles. The van der Waals surface area contributed by atoms with Crippen LogP contribution in [0.25, 0.3) is 0 Å². The number of hydrogen-bond donors (Lipinski definition) is 2. The molecule has 0 aliphatic carbocycles. The van der Waals surface area contributed by atoms with E-state index in [1.54, 1.807) is 12.1 Å². The summed E-state index contributed by atoms with van der Waals surface area (Å²) in [6.07, 6.45) is 0. The van der Waals surface area contributed by atoms with Crippen LogP contribution in [0.1, 0.15) is 11.1 Å². The summed E-state index contributed by atoms with van der Waals surface area (Å²) in [6, 6.07) is 13.4. The van der Waals surface area contributed by atoms with Crippen LogP contribution in [0.5, 0.6) is 0 Å². The Bertz CT molecular complexity index is 629. The molecule has 0 unspecified atom stereocenters. The predicted octanol–water partition coefficient (Wildman–Crippen LogP) is 3.96. The van der Waals surface area contributed by atoms with Gasteiger partial charge in [0.15, 0.2) is 0 Å². The molecule has 2 aromatic carbocycles. The monoisotopic (exact) mass is 301 g/mol. The number of benzene rings is 2. The van der Waals surface area contributed by atoms with E-state index in [1.807, 2.05) is 37.3 Å². The summed E-state index contributed by atoms with van der Waals surface area (Å²) >= 11 is 3.49. The summed E-state index contributed by atoms with van der Waals surface area (Å²) < 4.78 is 1.05. The molecule has 0 aliphatic rings. The molecule has 4 heteroatoms. The van der Waals surface area contributed by atoms with Crippen molar-refractivity contribution in [2.45, 2.75) is 6.92 Å². The van der Waals surface area contributed by atoms with E-state index in [0.29, 0.717) is 11.3 Å². The Morgan fingerprint density at radius 2 is 1.83 bits per heavy atom. The average Bonchev–Trinajstić information content (AvgIpc) is 2.34. The van der Waals surface area contributed by atoms with Gasteiger partial charge in [0.2, 0.25) is 0 Å². The van der Waals surface area contributed by atoms with Crippen molar-refractivity contribution in [1.82, 2.24) is 0 Å². The topological polar surface area (TPSA) is 61.8 Å². The Morgan fingerprint density at radius 1 is 1.17 bits per heavy atom. The number of hydrogen-bond acceptors (Lipinski definition) is 3. The maximum absolute atomic E-state index is 8.81. The Hall–Kier alpha value is -1.99. The van der Waals surface area contributed by atoms with Crippen molar-refractivity contribution >= 4 is 33.0 Å². The molecule has 0 atom stereocenters. The summed E-state index contributed by atoms with van der Waals surface area (Å²) in [5.74, 6) is 0. The Kier molecular flexibility index (Phi) is 3.54. The SMILES string of the molecule is Cc1ccc(Nc2ccc(C#N)c(N)c2)cc1Br. The maximum atomic E-state index is 8.81. The molecule has 18 heavy (non-hydrogen) atoms. The van der Waals surface area contributed by atoms with Crippen LogP contribution in [0.4, 0.5) is 17.1 Å². The summed E-state index contributed by atoms with van der Waals surface area (Å²) in [5.41, 5.74) is 9.75. The van der Waals surface area contributed by atoms with Gasteiger partial charge in [0.25, 0.3) is 0 Å². The Balaban J connectivity index is 2.26. The van der Waals surface area contributed by atoms with Gasteiger partial charge in [-0.3, -0.25) is 0 Å². The lowest BCUT2D eigenvalue weighted by atomic mass is 10.1. The van der Waals surface area contributed by atoms with Crippen LogP contribution in [0.2, 0.25) is 0 Å². The second-order valence-corrected chi connectivity index (χ2v) is 4.86. The van der Waals surface area contributed by atoms with E-state index in [-0.39, 0.29) is 0 Å². The van der Waals surface area contributed by atoms with Gasteiger partial charge in [-0.2, -0.15) is 5.26 Å². The minimum Gasteiger partial charge on any atom is -0.398 e. The zero-order valence-electron chi connectivity index (χ0n) is 9.87. The number of nitrogens with one attached hydrogen (secondary N) is 1. The van der Waals surface area contributed by atoms with Crippen LogP contribution in [0.15, 0.2) is 40.9 Å². The van der Waals surface area contributed by atoms with Crippen molar-refractivity contribution in [2.24, 2.45) is 0 Å². The molecule has 0 aromatic heterocycles. The smallest absolute Gasteiger partial charge is 0.101 e. The molecular weight excluding hydrogens is 290 g/mol. The lowest BCUT2D eigenvalue weighted by molar-refractivity contribution is 1.41. The quantitative estimate of drug-likeness (QED) is 0.826. The summed E-state index contributed by atoms with van der Waals surface area (Å²) in [5, 5.41) is 12.1. The minimum absolute atomic E-state index is 0.480. The first-order valence-corrected chi connectivity index (χ1v) is 6.22. The van der Waals surface area contributed by atoms with Crippen LogP contribution < -0.4 is 11.1 Å². The molecule has 3 nitrogen and oxygen atoms in total. The van der Waals surface area contributed by atoms with Crippen LogP contribution >= 0.6 is 15.9 Å². The highest BCUT2D eigenvalue weighted by atomic mass is 79.9. The zero-order chi connectivity index (χ0) is 13.1. The van der Waals surface area contributed by atoms with Gasteiger partial charge in [-0.15, -0.1) is 0 Å². The highest BCUT2D eigenvalue weighted by molar-refractivity contribution is 9.10. The first kappa shape index (κ1) is 12.5. The normalized spacial score (nSPS) is 9.83. The van der Waals surface area contributed by atoms with Gasteiger partial charge >= 0.3 is 0 Å². The van der Waals surface area contributed by atoms with Gasteiger partial charge in [-0.05, 0) is 42.8 Å². The van der Waals surface area contributed by atoms with Crippen molar-refractivity contribution in [3.8, 4) is 6.07 Å². The third kappa shape index (κ3) is 2.63. The fraction of sp³-hybridized carbons (Fsp3) is 0.0714. The van der Waals surface area contributed by atoms with Gasteiger partial charge in [-0.25, -0.2) is 0 Å². The molecular formula is C14H12BrN3. The third-order valence-electron chi connectivity index (χ3n) is 2.63. The second kappa shape index (κ2) is 5.11. The number of nitrogens with zero attached hydrogens (tertiary/aromatic N) is 1. The molecule has 0 bridgehead atoms. The van der Waals surface area contributed by atoms with Crippen molar-refractivity contribution in [3.05, 3.63) is 52.0 Å². The first-order valence-electron chi connectivity index (χ1n) is 5.43. The molecule has 0 spiro atoms. The molecule has 3 N–H and O–H groups in total. The van der Waals surface area contributed by atoms with E-state index in [4.69, 9.17) is 11.0 Å². The number of nitrogen functional groups attached to an aromatic ring is 1. The molecule has 0 aliphatic heterocycles. The molecule has 0 amide bonds. The molecule has 0 fully saturated rings. The molecule has 0 heterocycles. The van der Waals surface area contributed by atoms with Gasteiger partial charge < -0.3 is 11.1 Å². The van der Waals surface area contributed by atoms with Gasteiger partial charge in [0.05, 0.1) is 11.3 Å². The van der Waals surface area contributed by atoms with Crippen molar-refractivity contribution in [1.29, 1.82) is 5.26 Å². The fourth-order valence-corrected chi connectivity index (χ4v) is 1.96. The van der Waals surface area contributed by atoms with E-state index in [9.17, 15) is 0 Å². The van der Waals surface area contributed by atoms with E-state index < -0.39 is 0 Å². The summed E-state index contributed by atoms with van der Waals surface area (Å²) in [7, 11) is 0. The molecule has 90 valence electrons. The lowest BCUT2D eigenvalue weighted by Gasteiger charge is -2.09. The van der Waals surface area contributed by atoms with Crippen LogP contribution in [-0.2, 0) is 0 Å². The highest BCUT2D eigenvalue weighted by Gasteiger charge is 2.01. The van der Waals surface area contributed by atoms with Crippen LogP contribution in [-0.4, -0.2) is 0 Å². The number of aryl methyl sites for hydroxylation is 1. The molecule has 2 rings (SSSR count). The third-order valence-corrected chi connectivity index (χ3v) is 3.49. The first-order chi connectivity index (χ1) is 8.60. The average molecular weight is 302 g/mol. The standard InChI is InChI=1S/C14H12BrN3/c1-9-2-4-11(6-13(9)15)18-12-5-3-10(8-16)14(17)7-12/h2-7,18H,17H2,1H3. The number of nitriles is 1. The van der Waals surface area contributed by atoms with Gasteiger partial charge in [-0.1, -0.05) is 22.0 Å². The molecule has 2 aromatic rings. The Labute approximate surface area is 114 Å². The number of anilines is 3. The molecule has 0 radical (unpaired) electrons. The van der Waals surface area contributed by atoms with Crippen molar-refractivity contribution in [3.63, 3.8) is 0 Å². The summed E-state index contributed by atoms with van der Waals surface area (Å²) in [4.78, 5) is 0. The van der Waals surface area contributed by atoms with E-state index in [0.717, 1.165) is 15.8 Å². The van der Waals surface area contributed by atoms with Crippen LogP contribution in [0, 0.1) is 18.3 Å². The number of nitrogens with two attached hydrogens (primary N) is 1. The fourth-order valence-electron chi connectivity index (χ4n) is 1.58. The minimum atomic E-state index is 0.480. The van der Waals surface area contributed by atoms with Crippen LogP contribution in [0.3, 0.4) is 0 Å². The zero-order valence-corrected chi connectivity index (χ0v) is 11.5. The number of halogens is 1. The summed E-state index contributed by atoms with van der Waals surface area (Å²) in [6.45, 7) is 2.04. The van der Waals surface area contributed by atoms with Gasteiger partial charge in [0.1, 0.15) is 6.07 Å².